The zero-order valence-corrected chi connectivity index (χ0v) is 12.8. The van der Waals surface area contributed by atoms with Crippen LogP contribution in [0.25, 0.3) is 0 Å². The Kier molecular flexibility index (Phi) is 5.75. The molecule has 0 saturated carbocycles. The van der Waals surface area contributed by atoms with Gasteiger partial charge in [0, 0.05) is 31.7 Å². The lowest BCUT2D eigenvalue weighted by atomic mass is 9.98. The summed E-state index contributed by atoms with van der Waals surface area (Å²) in [5.74, 6) is -0.0829. The van der Waals surface area contributed by atoms with Crippen molar-refractivity contribution in [3.05, 3.63) is 30.1 Å². The van der Waals surface area contributed by atoms with Crippen molar-refractivity contribution in [3.63, 3.8) is 0 Å². The van der Waals surface area contributed by atoms with Crippen LogP contribution in [0, 0.1) is 11.7 Å². The average molecular weight is 307 g/mol. The van der Waals surface area contributed by atoms with Gasteiger partial charge in [-0.25, -0.2) is 9.18 Å². The van der Waals surface area contributed by atoms with Crippen molar-refractivity contribution in [3.8, 4) is 0 Å². The Bertz CT molecular complexity index is 536. The Hall–Kier alpha value is -2.11. The summed E-state index contributed by atoms with van der Waals surface area (Å²) in [7, 11) is 0. The van der Waals surface area contributed by atoms with E-state index in [1.807, 2.05) is 6.92 Å². The minimum atomic E-state index is -0.378. The standard InChI is InChI=1S/C16H22FN3O2/c1-2-15(21)18-10-12-5-4-8-20(11-12)16(22)19-14-7-3-6-13(17)9-14/h3,6-7,9,12H,2,4-5,8,10-11H2,1H3,(H,18,21)(H,19,22)/t12-/m0/s1. The summed E-state index contributed by atoms with van der Waals surface area (Å²) in [6.07, 6.45) is 2.37. The van der Waals surface area contributed by atoms with Crippen LogP contribution in [0.2, 0.25) is 0 Å². The highest BCUT2D eigenvalue weighted by atomic mass is 19.1. The van der Waals surface area contributed by atoms with Crippen LogP contribution >= 0.6 is 0 Å². The number of nitrogens with one attached hydrogen (secondary N) is 2. The third-order valence-corrected chi connectivity index (χ3v) is 3.79. The molecule has 1 aromatic rings. The molecule has 2 N–H and O–H groups in total. The van der Waals surface area contributed by atoms with Crippen LogP contribution in [0.4, 0.5) is 14.9 Å². The van der Waals surface area contributed by atoms with Gasteiger partial charge in [-0.15, -0.1) is 0 Å². The lowest BCUT2D eigenvalue weighted by Crippen LogP contribution is -2.45. The highest BCUT2D eigenvalue weighted by molar-refractivity contribution is 5.89. The Labute approximate surface area is 129 Å². The minimum Gasteiger partial charge on any atom is -0.356 e. The molecule has 120 valence electrons. The second kappa shape index (κ2) is 7.77. The number of amides is 3. The molecule has 1 aromatic carbocycles. The molecule has 3 amide bonds. The Morgan fingerprint density at radius 1 is 1.41 bits per heavy atom. The zero-order valence-electron chi connectivity index (χ0n) is 12.8. The van der Waals surface area contributed by atoms with Crippen LogP contribution in [0.5, 0.6) is 0 Å². The summed E-state index contributed by atoms with van der Waals surface area (Å²) in [6, 6.07) is 5.62. The Morgan fingerprint density at radius 3 is 2.95 bits per heavy atom. The summed E-state index contributed by atoms with van der Waals surface area (Å²) >= 11 is 0. The zero-order chi connectivity index (χ0) is 15.9. The monoisotopic (exact) mass is 307 g/mol. The summed E-state index contributed by atoms with van der Waals surface area (Å²) in [5.41, 5.74) is 0.450. The van der Waals surface area contributed by atoms with Gasteiger partial charge in [0.25, 0.3) is 0 Å². The van der Waals surface area contributed by atoms with Crippen molar-refractivity contribution in [2.24, 2.45) is 5.92 Å². The molecular formula is C16H22FN3O2. The fraction of sp³-hybridized carbons (Fsp3) is 0.500. The van der Waals surface area contributed by atoms with Crippen LogP contribution in [0.3, 0.4) is 0 Å². The van der Waals surface area contributed by atoms with E-state index in [0.717, 1.165) is 12.8 Å². The van der Waals surface area contributed by atoms with E-state index in [1.54, 1.807) is 17.0 Å². The third kappa shape index (κ3) is 4.72. The van der Waals surface area contributed by atoms with Gasteiger partial charge in [-0.3, -0.25) is 4.79 Å². The van der Waals surface area contributed by atoms with Crippen molar-refractivity contribution in [1.29, 1.82) is 0 Å². The molecule has 0 aliphatic carbocycles. The normalized spacial score (nSPS) is 17.9. The smallest absolute Gasteiger partial charge is 0.321 e. The third-order valence-electron chi connectivity index (χ3n) is 3.79. The number of rotatable bonds is 4. The van der Waals surface area contributed by atoms with Crippen molar-refractivity contribution in [2.45, 2.75) is 26.2 Å². The van der Waals surface area contributed by atoms with Gasteiger partial charge in [0.1, 0.15) is 5.82 Å². The summed E-state index contributed by atoms with van der Waals surface area (Å²) in [4.78, 5) is 25.2. The second-order valence-electron chi connectivity index (χ2n) is 5.55. The van der Waals surface area contributed by atoms with Gasteiger partial charge in [-0.05, 0) is 37.0 Å². The van der Waals surface area contributed by atoms with Crippen LogP contribution in [0.1, 0.15) is 26.2 Å². The maximum absolute atomic E-state index is 13.1. The van der Waals surface area contributed by atoms with E-state index in [9.17, 15) is 14.0 Å². The van der Waals surface area contributed by atoms with Gasteiger partial charge in [-0.2, -0.15) is 0 Å². The predicted molar refractivity (Wildman–Crippen MR) is 83.0 cm³/mol. The number of carbonyl (C=O) groups is 2. The molecule has 2 rings (SSSR count). The number of hydrogen-bond donors (Lipinski definition) is 2. The molecule has 6 heteroatoms. The molecule has 1 heterocycles. The highest BCUT2D eigenvalue weighted by Crippen LogP contribution is 2.17. The first-order valence-corrected chi connectivity index (χ1v) is 7.66. The molecule has 22 heavy (non-hydrogen) atoms. The average Bonchev–Trinajstić information content (AvgIpc) is 2.53. The van der Waals surface area contributed by atoms with Crippen LogP contribution < -0.4 is 10.6 Å². The van der Waals surface area contributed by atoms with Crippen LogP contribution in [0.15, 0.2) is 24.3 Å². The van der Waals surface area contributed by atoms with E-state index in [0.29, 0.717) is 31.7 Å². The number of piperidine rings is 1. The van der Waals surface area contributed by atoms with E-state index in [2.05, 4.69) is 10.6 Å². The first-order valence-electron chi connectivity index (χ1n) is 7.66. The maximum Gasteiger partial charge on any atom is 0.321 e. The highest BCUT2D eigenvalue weighted by Gasteiger charge is 2.23. The van der Waals surface area contributed by atoms with E-state index in [1.165, 1.54) is 12.1 Å². The van der Waals surface area contributed by atoms with Crippen molar-refractivity contribution in [2.75, 3.05) is 25.0 Å². The van der Waals surface area contributed by atoms with Gasteiger partial charge in [0.2, 0.25) is 5.91 Å². The van der Waals surface area contributed by atoms with E-state index >= 15 is 0 Å². The number of urea groups is 1. The van der Waals surface area contributed by atoms with Crippen molar-refractivity contribution < 1.29 is 14.0 Å². The van der Waals surface area contributed by atoms with Gasteiger partial charge in [0.05, 0.1) is 0 Å². The molecule has 0 radical (unpaired) electrons. The number of likely N-dealkylation sites (tertiary alicyclic amines) is 1. The van der Waals surface area contributed by atoms with Crippen LogP contribution in [-0.4, -0.2) is 36.5 Å². The van der Waals surface area contributed by atoms with E-state index in [4.69, 9.17) is 0 Å². The van der Waals surface area contributed by atoms with E-state index in [-0.39, 0.29) is 23.7 Å². The predicted octanol–water partition coefficient (Wildman–Crippen LogP) is 2.60. The topological polar surface area (TPSA) is 61.4 Å². The minimum absolute atomic E-state index is 0.0290. The van der Waals surface area contributed by atoms with Crippen molar-refractivity contribution >= 4 is 17.6 Å². The number of anilines is 1. The molecule has 0 spiro atoms. The van der Waals surface area contributed by atoms with Gasteiger partial charge < -0.3 is 15.5 Å². The molecular weight excluding hydrogens is 285 g/mol. The first-order chi connectivity index (χ1) is 10.6. The molecule has 1 fully saturated rings. The van der Waals surface area contributed by atoms with Gasteiger partial charge in [-0.1, -0.05) is 13.0 Å². The Morgan fingerprint density at radius 2 is 2.23 bits per heavy atom. The fourth-order valence-electron chi connectivity index (χ4n) is 2.57. The van der Waals surface area contributed by atoms with E-state index < -0.39 is 0 Å². The molecule has 0 bridgehead atoms. The molecule has 1 aliphatic rings. The Balaban J connectivity index is 1.85. The fourth-order valence-corrected chi connectivity index (χ4v) is 2.57. The summed E-state index contributed by atoms with van der Waals surface area (Å²) in [6.45, 7) is 3.69. The number of nitrogens with zero attached hydrogens (tertiary/aromatic N) is 1. The molecule has 1 aliphatic heterocycles. The summed E-state index contributed by atoms with van der Waals surface area (Å²) < 4.78 is 13.1. The lowest BCUT2D eigenvalue weighted by Gasteiger charge is -2.32. The maximum atomic E-state index is 13.1. The molecule has 1 saturated heterocycles. The molecule has 1 atom stereocenters. The molecule has 0 aromatic heterocycles. The summed E-state index contributed by atoms with van der Waals surface area (Å²) in [5, 5.41) is 5.58. The number of carbonyl (C=O) groups excluding carboxylic acids is 2. The largest absolute Gasteiger partial charge is 0.356 e. The van der Waals surface area contributed by atoms with Gasteiger partial charge >= 0.3 is 6.03 Å². The molecule has 5 nitrogen and oxygen atoms in total. The lowest BCUT2D eigenvalue weighted by molar-refractivity contribution is -0.121. The van der Waals surface area contributed by atoms with Crippen LogP contribution in [-0.2, 0) is 4.79 Å². The first kappa shape index (κ1) is 16.3. The van der Waals surface area contributed by atoms with Gasteiger partial charge in [0.15, 0.2) is 0 Å². The number of benzene rings is 1. The number of halogens is 1. The SMILES string of the molecule is CCC(=O)NC[C@@H]1CCCN(C(=O)Nc2cccc(F)c2)C1. The number of hydrogen-bond acceptors (Lipinski definition) is 2. The quantitative estimate of drug-likeness (QED) is 0.898. The van der Waals surface area contributed by atoms with Crippen molar-refractivity contribution in [1.82, 2.24) is 10.2 Å². The second-order valence-corrected chi connectivity index (χ2v) is 5.55. The molecule has 0 unspecified atom stereocenters.